The summed E-state index contributed by atoms with van der Waals surface area (Å²) in [5.41, 5.74) is 1.14. The highest BCUT2D eigenvalue weighted by Gasteiger charge is 2.39. The van der Waals surface area contributed by atoms with Crippen LogP contribution in [0.15, 0.2) is 66.9 Å². The number of aromatic nitrogens is 1. The summed E-state index contributed by atoms with van der Waals surface area (Å²) in [6.45, 7) is 0. The summed E-state index contributed by atoms with van der Waals surface area (Å²) in [7, 11) is 2.57. The molecule has 0 spiro atoms. The maximum atomic E-state index is 12.7. The fourth-order valence-electron chi connectivity index (χ4n) is 3.04. The molecular formula is C21H20N2O4. The Balaban J connectivity index is 2.13. The van der Waals surface area contributed by atoms with E-state index >= 15 is 0 Å². The Morgan fingerprint density at radius 3 is 2.26 bits per heavy atom. The monoisotopic (exact) mass is 364 g/mol. The number of anilines is 1. The first kappa shape index (κ1) is 18.4. The van der Waals surface area contributed by atoms with Crippen LogP contribution in [-0.2, 0) is 19.1 Å². The normalized spacial score (nSPS) is 12.8. The minimum Gasteiger partial charge on any atom is -0.468 e. The Morgan fingerprint density at radius 2 is 1.56 bits per heavy atom. The number of hydrogen-bond donors (Lipinski definition) is 1. The minimum absolute atomic E-state index is 0.457. The number of nitrogens with zero attached hydrogens (tertiary/aromatic N) is 1. The van der Waals surface area contributed by atoms with Gasteiger partial charge in [0.2, 0.25) is 0 Å². The van der Waals surface area contributed by atoms with E-state index in [1.807, 2.05) is 48.5 Å². The Morgan fingerprint density at radius 1 is 0.889 bits per heavy atom. The van der Waals surface area contributed by atoms with Gasteiger partial charge in [0.15, 0.2) is 0 Å². The van der Waals surface area contributed by atoms with Crippen molar-refractivity contribution in [2.24, 2.45) is 0 Å². The van der Waals surface area contributed by atoms with Crippen molar-refractivity contribution in [2.45, 2.75) is 12.0 Å². The Bertz CT molecular complexity index is 938. The second-order valence-corrected chi connectivity index (χ2v) is 5.93. The molecule has 0 bridgehead atoms. The highest BCUT2D eigenvalue weighted by molar-refractivity contribution is 5.95. The first-order valence-electron chi connectivity index (χ1n) is 8.46. The molecule has 0 unspecified atom stereocenters. The summed E-state index contributed by atoms with van der Waals surface area (Å²) in [4.78, 5) is 29.7. The zero-order valence-electron chi connectivity index (χ0n) is 15.1. The molecule has 1 N–H and O–H groups in total. The summed E-state index contributed by atoms with van der Waals surface area (Å²) in [5, 5.41) is 4.79. The number of nitrogens with one attached hydrogen (secondary N) is 1. The Kier molecular flexibility index (Phi) is 5.66. The molecule has 3 rings (SSSR count). The van der Waals surface area contributed by atoms with Crippen LogP contribution in [0.2, 0.25) is 0 Å². The third kappa shape index (κ3) is 3.89. The van der Waals surface area contributed by atoms with Crippen LogP contribution in [0.5, 0.6) is 0 Å². The van der Waals surface area contributed by atoms with Gasteiger partial charge in [-0.25, -0.2) is 4.79 Å². The zero-order chi connectivity index (χ0) is 19.2. The highest BCUT2D eigenvalue weighted by atomic mass is 16.5. The first-order chi connectivity index (χ1) is 13.2. The van der Waals surface area contributed by atoms with Crippen LogP contribution >= 0.6 is 0 Å². The molecule has 2 atom stereocenters. The summed E-state index contributed by atoms with van der Waals surface area (Å²) < 4.78 is 9.96. The molecule has 0 saturated carbocycles. The van der Waals surface area contributed by atoms with Crippen LogP contribution in [0.25, 0.3) is 10.8 Å². The molecule has 6 heteroatoms. The summed E-state index contributed by atoms with van der Waals surface area (Å²) >= 11 is 0. The number of pyridine rings is 1. The van der Waals surface area contributed by atoms with Crippen molar-refractivity contribution in [1.82, 2.24) is 4.98 Å². The van der Waals surface area contributed by atoms with E-state index in [1.165, 1.54) is 14.2 Å². The average Bonchev–Trinajstić information content (AvgIpc) is 2.73. The number of benzene rings is 2. The van der Waals surface area contributed by atoms with Crippen LogP contribution in [0, 0.1) is 0 Å². The van der Waals surface area contributed by atoms with Gasteiger partial charge in [-0.2, -0.15) is 0 Å². The van der Waals surface area contributed by atoms with Crippen molar-refractivity contribution in [1.29, 1.82) is 0 Å². The first-order valence-corrected chi connectivity index (χ1v) is 8.46. The summed E-state index contributed by atoms with van der Waals surface area (Å²) in [6.07, 6.45) is 1.62. The van der Waals surface area contributed by atoms with Crippen LogP contribution < -0.4 is 5.32 Å². The molecule has 6 nitrogen and oxygen atoms in total. The lowest BCUT2D eigenvalue weighted by Crippen LogP contribution is -2.41. The quantitative estimate of drug-likeness (QED) is 0.677. The van der Waals surface area contributed by atoms with E-state index in [1.54, 1.807) is 18.3 Å². The van der Waals surface area contributed by atoms with Crippen molar-refractivity contribution in [3.8, 4) is 0 Å². The van der Waals surface area contributed by atoms with Gasteiger partial charge in [-0.1, -0.05) is 42.5 Å². The van der Waals surface area contributed by atoms with Gasteiger partial charge in [0.05, 0.1) is 19.9 Å². The molecule has 0 aliphatic heterocycles. The van der Waals surface area contributed by atoms with Gasteiger partial charge in [0.25, 0.3) is 0 Å². The van der Waals surface area contributed by atoms with E-state index in [0.717, 1.165) is 10.8 Å². The number of methoxy groups -OCH3 is 2. The number of para-hydroxylation sites is 1. The maximum absolute atomic E-state index is 12.7. The van der Waals surface area contributed by atoms with Gasteiger partial charge in [-0.15, -0.1) is 0 Å². The van der Waals surface area contributed by atoms with E-state index < -0.39 is 23.9 Å². The topological polar surface area (TPSA) is 77.5 Å². The third-order valence-corrected chi connectivity index (χ3v) is 4.34. The van der Waals surface area contributed by atoms with E-state index in [4.69, 9.17) is 9.47 Å². The SMILES string of the molecule is COC(=O)[C@@H](Nc1ccccc1)[C@@H](C(=O)OC)c1nccc2ccccc12. The molecule has 27 heavy (non-hydrogen) atoms. The predicted octanol–water partition coefficient (Wildman–Crippen LogP) is 3.15. The average molecular weight is 364 g/mol. The molecule has 2 aromatic carbocycles. The van der Waals surface area contributed by atoms with Gasteiger partial charge in [0, 0.05) is 17.3 Å². The summed E-state index contributed by atoms with van der Waals surface area (Å²) in [6, 6.07) is 17.5. The van der Waals surface area contributed by atoms with E-state index in [9.17, 15) is 9.59 Å². The number of hydrogen-bond acceptors (Lipinski definition) is 6. The van der Waals surface area contributed by atoms with Gasteiger partial charge in [-0.3, -0.25) is 9.78 Å². The van der Waals surface area contributed by atoms with Crippen LogP contribution in [0.4, 0.5) is 5.69 Å². The van der Waals surface area contributed by atoms with E-state index in [-0.39, 0.29) is 0 Å². The Labute approximate surface area is 157 Å². The number of esters is 2. The predicted molar refractivity (Wildman–Crippen MR) is 102 cm³/mol. The summed E-state index contributed by atoms with van der Waals surface area (Å²) in [5.74, 6) is -2.13. The van der Waals surface area contributed by atoms with Crippen molar-refractivity contribution in [2.75, 3.05) is 19.5 Å². The lowest BCUT2D eigenvalue weighted by molar-refractivity contribution is -0.150. The van der Waals surface area contributed by atoms with Gasteiger partial charge in [0.1, 0.15) is 12.0 Å². The van der Waals surface area contributed by atoms with Crippen LogP contribution in [0.3, 0.4) is 0 Å². The molecule has 0 amide bonds. The molecule has 0 fully saturated rings. The molecule has 1 heterocycles. The second-order valence-electron chi connectivity index (χ2n) is 5.93. The highest BCUT2D eigenvalue weighted by Crippen LogP contribution is 2.29. The number of carbonyl (C=O) groups excluding carboxylic acids is 2. The van der Waals surface area contributed by atoms with Crippen LogP contribution in [-0.4, -0.2) is 37.2 Å². The molecule has 138 valence electrons. The van der Waals surface area contributed by atoms with Gasteiger partial charge >= 0.3 is 11.9 Å². The molecule has 0 radical (unpaired) electrons. The largest absolute Gasteiger partial charge is 0.468 e. The van der Waals surface area contributed by atoms with Gasteiger partial charge < -0.3 is 14.8 Å². The number of fused-ring (bicyclic) bond motifs is 1. The van der Waals surface area contributed by atoms with E-state index in [2.05, 4.69) is 10.3 Å². The molecule has 0 aliphatic rings. The van der Waals surface area contributed by atoms with Crippen molar-refractivity contribution in [3.05, 3.63) is 72.6 Å². The lowest BCUT2D eigenvalue weighted by Gasteiger charge is -2.25. The fraction of sp³-hybridized carbons (Fsp3) is 0.190. The molecule has 3 aromatic rings. The molecule has 1 aromatic heterocycles. The minimum atomic E-state index is -0.997. The molecular weight excluding hydrogens is 344 g/mol. The van der Waals surface area contributed by atoms with Gasteiger partial charge in [-0.05, 0) is 23.6 Å². The van der Waals surface area contributed by atoms with Crippen molar-refractivity contribution < 1.29 is 19.1 Å². The standard InChI is InChI=1S/C21H20N2O4/c1-26-20(24)17(18-16-11-7-6-8-14(16)12-13-22-18)19(21(25)27-2)23-15-9-4-3-5-10-15/h3-13,17,19,23H,1-2H3/t17-,19-/m0/s1. The van der Waals surface area contributed by atoms with Crippen molar-refractivity contribution in [3.63, 3.8) is 0 Å². The Hall–Kier alpha value is -3.41. The van der Waals surface area contributed by atoms with E-state index in [0.29, 0.717) is 11.4 Å². The number of carbonyl (C=O) groups is 2. The fourth-order valence-corrected chi connectivity index (χ4v) is 3.04. The third-order valence-electron chi connectivity index (χ3n) is 4.34. The molecule has 0 aliphatic carbocycles. The number of ether oxygens (including phenoxy) is 2. The number of rotatable bonds is 6. The zero-order valence-corrected chi connectivity index (χ0v) is 15.1. The second kappa shape index (κ2) is 8.31. The smallest absolute Gasteiger partial charge is 0.329 e. The molecule has 0 saturated heterocycles. The van der Waals surface area contributed by atoms with Crippen molar-refractivity contribution >= 4 is 28.4 Å². The van der Waals surface area contributed by atoms with Crippen LogP contribution in [0.1, 0.15) is 11.6 Å². The lowest BCUT2D eigenvalue weighted by atomic mass is 9.91. The maximum Gasteiger partial charge on any atom is 0.329 e.